The summed E-state index contributed by atoms with van der Waals surface area (Å²) in [5.74, 6) is 0.478. The van der Waals surface area contributed by atoms with Crippen LogP contribution < -0.4 is 4.72 Å². The highest BCUT2D eigenvalue weighted by molar-refractivity contribution is 7.89. The summed E-state index contributed by atoms with van der Waals surface area (Å²) in [6, 6.07) is 5.44. The maximum Gasteiger partial charge on any atom is 0.242 e. The van der Waals surface area contributed by atoms with Crippen LogP contribution in [0.15, 0.2) is 39.8 Å². The number of hydrogen-bond donors (Lipinski definition) is 2. The van der Waals surface area contributed by atoms with E-state index in [1.165, 1.54) is 18.4 Å². The molecule has 2 rings (SSSR count). The van der Waals surface area contributed by atoms with Crippen molar-refractivity contribution < 1.29 is 17.9 Å². The van der Waals surface area contributed by atoms with E-state index < -0.39 is 22.7 Å². The number of halogens is 2. The Morgan fingerprint density at radius 2 is 2.05 bits per heavy atom. The van der Waals surface area contributed by atoms with Crippen LogP contribution >= 0.6 is 23.2 Å². The molecule has 0 aliphatic rings. The van der Waals surface area contributed by atoms with Crippen molar-refractivity contribution in [1.29, 1.82) is 0 Å². The van der Waals surface area contributed by atoms with E-state index in [0.29, 0.717) is 5.76 Å². The highest BCUT2D eigenvalue weighted by atomic mass is 35.5. The van der Waals surface area contributed by atoms with E-state index in [-0.39, 0.29) is 20.5 Å². The summed E-state index contributed by atoms with van der Waals surface area (Å²) < 4.78 is 32.4. The molecule has 0 aliphatic carbocycles. The first-order valence-electron chi connectivity index (χ1n) is 6.00. The molecule has 0 fully saturated rings. The van der Waals surface area contributed by atoms with Crippen LogP contribution in [0, 0.1) is 0 Å². The van der Waals surface area contributed by atoms with Gasteiger partial charge < -0.3 is 9.52 Å². The molecule has 1 atom stereocenters. The van der Waals surface area contributed by atoms with Crippen molar-refractivity contribution in [3.8, 4) is 0 Å². The van der Waals surface area contributed by atoms with Gasteiger partial charge in [-0.15, -0.1) is 0 Å². The third-order valence-electron chi connectivity index (χ3n) is 2.90. The molecular formula is C13H13Cl2NO4S. The van der Waals surface area contributed by atoms with Gasteiger partial charge in [-0.2, -0.15) is 0 Å². The molecule has 0 saturated carbocycles. The minimum absolute atomic E-state index is 0.0934. The summed E-state index contributed by atoms with van der Waals surface area (Å²) in [6.07, 6.45) is 1.46. The number of rotatable bonds is 5. The lowest BCUT2D eigenvalue weighted by atomic mass is 10.2. The van der Waals surface area contributed by atoms with Gasteiger partial charge in [0.1, 0.15) is 10.7 Å². The van der Waals surface area contributed by atoms with Crippen LogP contribution in [0.3, 0.4) is 0 Å². The molecule has 0 saturated heterocycles. The van der Waals surface area contributed by atoms with Crippen LogP contribution in [0.5, 0.6) is 0 Å². The van der Waals surface area contributed by atoms with Crippen molar-refractivity contribution in [2.75, 3.05) is 0 Å². The molecule has 0 amide bonds. The lowest BCUT2D eigenvalue weighted by Gasteiger charge is -2.14. The molecule has 114 valence electrons. The smallest absolute Gasteiger partial charge is 0.242 e. The topological polar surface area (TPSA) is 79.5 Å². The summed E-state index contributed by atoms with van der Waals surface area (Å²) >= 11 is 11.9. The fourth-order valence-electron chi connectivity index (χ4n) is 1.82. The maximum atomic E-state index is 12.4. The number of benzene rings is 1. The van der Waals surface area contributed by atoms with E-state index in [2.05, 4.69) is 4.72 Å². The standard InChI is InChI=1S/C13H13Cl2NO4S/c1-8(11-3-2-6-20-11)16-21(18,19)12-5-4-10(14)9(7-17)13(12)15/h2-6,8,16-17H,7H2,1H3. The van der Waals surface area contributed by atoms with Crippen molar-refractivity contribution in [3.63, 3.8) is 0 Å². The molecular weight excluding hydrogens is 337 g/mol. The van der Waals surface area contributed by atoms with Crippen molar-refractivity contribution >= 4 is 33.2 Å². The first-order chi connectivity index (χ1) is 9.86. The molecule has 8 heteroatoms. The van der Waals surface area contributed by atoms with E-state index in [0.717, 1.165) is 0 Å². The quantitative estimate of drug-likeness (QED) is 0.868. The molecule has 2 N–H and O–H groups in total. The van der Waals surface area contributed by atoms with Gasteiger partial charge in [0.25, 0.3) is 0 Å². The number of sulfonamides is 1. The Morgan fingerprint density at radius 3 is 2.62 bits per heavy atom. The van der Waals surface area contributed by atoms with Crippen molar-refractivity contribution in [2.45, 2.75) is 24.5 Å². The van der Waals surface area contributed by atoms with Crippen LogP contribution in [-0.4, -0.2) is 13.5 Å². The van der Waals surface area contributed by atoms with Crippen molar-refractivity contribution in [1.82, 2.24) is 4.72 Å². The van der Waals surface area contributed by atoms with E-state index in [1.807, 2.05) is 0 Å². The van der Waals surface area contributed by atoms with Gasteiger partial charge in [0.15, 0.2) is 0 Å². The molecule has 0 radical (unpaired) electrons. The Kier molecular flexibility index (Phi) is 4.95. The zero-order valence-corrected chi connectivity index (χ0v) is 13.3. The lowest BCUT2D eigenvalue weighted by Crippen LogP contribution is -2.27. The molecule has 21 heavy (non-hydrogen) atoms. The molecule has 2 aromatic rings. The van der Waals surface area contributed by atoms with E-state index in [1.54, 1.807) is 19.1 Å². The van der Waals surface area contributed by atoms with Gasteiger partial charge in [0.2, 0.25) is 10.0 Å². The second-order valence-corrected chi connectivity index (χ2v) is 6.82. The predicted molar refractivity (Wildman–Crippen MR) is 79.8 cm³/mol. The highest BCUT2D eigenvalue weighted by Crippen LogP contribution is 2.31. The zero-order valence-electron chi connectivity index (χ0n) is 11.0. The number of aliphatic hydroxyl groups is 1. The first-order valence-corrected chi connectivity index (χ1v) is 8.24. The Hall–Kier alpha value is -1.05. The summed E-state index contributed by atoms with van der Waals surface area (Å²) in [5, 5.41) is 9.34. The third-order valence-corrected chi connectivity index (χ3v) is 5.38. The van der Waals surface area contributed by atoms with Crippen molar-refractivity contribution in [3.05, 3.63) is 51.9 Å². The fraction of sp³-hybridized carbons (Fsp3) is 0.231. The Morgan fingerprint density at radius 1 is 1.33 bits per heavy atom. The fourth-order valence-corrected chi connectivity index (χ4v) is 3.93. The Balaban J connectivity index is 2.36. The minimum Gasteiger partial charge on any atom is -0.468 e. The average molecular weight is 350 g/mol. The Labute approximate surface area is 132 Å². The molecule has 0 aliphatic heterocycles. The monoisotopic (exact) mass is 349 g/mol. The number of furan rings is 1. The summed E-state index contributed by atoms with van der Waals surface area (Å²) in [4.78, 5) is -0.143. The van der Waals surface area contributed by atoms with Crippen molar-refractivity contribution in [2.24, 2.45) is 0 Å². The number of hydrogen-bond acceptors (Lipinski definition) is 4. The predicted octanol–water partition coefficient (Wildman–Crippen LogP) is 3.12. The zero-order chi connectivity index (χ0) is 15.6. The average Bonchev–Trinajstić information content (AvgIpc) is 2.92. The molecule has 1 aromatic carbocycles. The molecule has 1 aromatic heterocycles. The second-order valence-electron chi connectivity index (χ2n) is 4.35. The van der Waals surface area contributed by atoms with Gasteiger partial charge in [-0.25, -0.2) is 13.1 Å². The molecule has 0 bridgehead atoms. The first kappa shape index (κ1) is 16.3. The number of aliphatic hydroxyl groups excluding tert-OH is 1. The maximum absolute atomic E-state index is 12.4. The summed E-state index contributed by atoms with van der Waals surface area (Å²) in [6.45, 7) is 1.20. The third kappa shape index (κ3) is 3.41. The Bertz CT molecular complexity index is 729. The van der Waals surface area contributed by atoms with E-state index >= 15 is 0 Å². The van der Waals surface area contributed by atoms with Crippen LogP contribution in [0.25, 0.3) is 0 Å². The molecule has 0 spiro atoms. The lowest BCUT2D eigenvalue weighted by molar-refractivity contribution is 0.281. The molecule has 5 nitrogen and oxygen atoms in total. The van der Waals surface area contributed by atoms with E-state index in [9.17, 15) is 13.5 Å². The minimum atomic E-state index is -3.88. The highest BCUT2D eigenvalue weighted by Gasteiger charge is 2.24. The summed E-state index contributed by atoms with van der Waals surface area (Å²) in [5.41, 5.74) is 0.173. The molecule has 1 unspecified atom stereocenters. The normalized spacial score (nSPS) is 13.3. The van der Waals surface area contributed by atoms with Gasteiger partial charge in [-0.05, 0) is 31.2 Å². The van der Waals surface area contributed by atoms with Gasteiger partial charge >= 0.3 is 0 Å². The van der Waals surface area contributed by atoms with Crippen LogP contribution in [-0.2, 0) is 16.6 Å². The van der Waals surface area contributed by atoms with Gasteiger partial charge in [-0.1, -0.05) is 23.2 Å². The van der Waals surface area contributed by atoms with Crippen LogP contribution in [0.2, 0.25) is 10.0 Å². The van der Waals surface area contributed by atoms with Gasteiger partial charge in [0.05, 0.1) is 23.9 Å². The summed E-state index contributed by atoms with van der Waals surface area (Å²) in [7, 11) is -3.88. The molecule has 1 heterocycles. The van der Waals surface area contributed by atoms with Gasteiger partial charge in [-0.3, -0.25) is 0 Å². The largest absolute Gasteiger partial charge is 0.468 e. The van der Waals surface area contributed by atoms with Gasteiger partial charge in [0, 0.05) is 10.6 Å². The van der Waals surface area contributed by atoms with Crippen LogP contribution in [0.4, 0.5) is 0 Å². The van der Waals surface area contributed by atoms with E-state index in [4.69, 9.17) is 27.6 Å². The van der Waals surface area contributed by atoms with Crippen LogP contribution in [0.1, 0.15) is 24.3 Å². The SMILES string of the molecule is CC(NS(=O)(=O)c1ccc(Cl)c(CO)c1Cl)c1ccco1. The second kappa shape index (κ2) is 6.37. The number of nitrogens with one attached hydrogen (secondary N) is 1.